The average Bonchev–Trinajstić information content (AvgIpc) is 3.41. The molecule has 0 fully saturated rings. The quantitative estimate of drug-likeness (QED) is 0.267. The number of carbonyl (C=O) groups excluding carboxylic acids is 2. The van der Waals surface area contributed by atoms with E-state index in [4.69, 9.17) is 18.6 Å². The molecule has 3 aromatic rings. The van der Waals surface area contributed by atoms with E-state index >= 15 is 0 Å². The van der Waals surface area contributed by atoms with Crippen LogP contribution in [0, 0.1) is 5.92 Å². The molecule has 2 heterocycles. The van der Waals surface area contributed by atoms with Crippen LogP contribution in [0.4, 0.5) is 0 Å². The van der Waals surface area contributed by atoms with Crippen LogP contribution in [-0.2, 0) is 16.1 Å². The molecule has 2 aromatic heterocycles. The van der Waals surface area contributed by atoms with E-state index in [9.17, 15) is 14.7 Å². The number of furan rings is 1. The van der Waals surface area contributed by atoms with E-state index in [0.717, 1.165) is 11.1 Å². The number of aromatic nitrogens is 1. The molecule has 1 aromatic carbocycles. The summed E-state index contributed by atoms with van der Waals surface area (Å²) in [6, 6.07) is 11.4. The number of hydrogen-bond acceptors (Lipinski definition) is 8. The summed E-state index contributed by atoms with van der Waals surface area (Å²) in [5.74, 6) is 0.328. The van der Waals surface area contributed by atoms with Gasteiger partial charge >= 0.3 is 11.9 Å². The Morgan fingerprint density at radius 3 is 2.38 bits per heavy atom. The van der Waals surface area contributed by atoms with E-state index in [-0.39, 0.29) is 18.9 Å². The Balaban J connectivity index is 2.05. The summed E-state index contributed by atoms with van der Waals surface area (Å²) in [6.07, 6.45) is 4.32. The smallest absolute Gasteiger partial charge is 0.338 e. The predicted octanol–water partition coefficient (Wildman–Crippen LogP) is 5.55. The fraction of sp³-hybridized carbons (Fsp3) is 0.276. The zero-order chi connectivity index (χ0) is 26.9. The second kappa shape index (κ2) is 12.7. The molecule has 0 unspecified atom stereocenters. The third-order valence-electron chi connectivity index (χ3n) is 5.81. The second-order valence-corrected chi connectivity index (χ2v) is 8.53. The van der Waals surface area contributed by atoms with Gasteiger partial charge in [0.25, 0.3) is 0 Å². The normalized spacial score (nSPS) is 12.2. The first-order chi connectivity index (χ1) is 17.8. The van der Waals surface area contributed by atoms with Crippen LogP contribution in [0.3, 0.4) is 0 Å². The molecule has 0 aliphatic carbocycles. The lowest BCUT2D eigenvalue weighted by molar-refractivity contribution is 0.0246. The Hall–Kier alpha value is -4.17. The fourth-order valence-electron chi connectivity index (χ4n) is 3.67. The Labute approximate surface area is 216 Å². The molecular formula is C29H31NO7. The van der Waals surface area contributed by atoms with Crippen LogP contribution in [0.5, 0.6) is 5.75 Å². The van der Waals surface area contributed by atoms with Crippen molar-refractivity contribution in [2.75, 3.05) is 14.2 Å². The molecule has 0 aliphatic heterocycles. The number of methoxy groups -OCH3 is 2. The van der Waals surface area contributed by atoms with Gasteiger partial charge in [-0.3, -0.25) is 4.98 Å². The van der Waals surface area contributed by atoms with Crippen molar-refractivity contribution in [3.05, 3.63) is 101 Å². The van der Waals surface area contributed by atoms with Crippen LogP contribution in [0.15, 0.2) is 77.5 Å². The molecule has 0 bridgehead atoms. The lowest BCUT2D eigenvalue weighted by Gasteiger charge is -2.20. The molecule has 0 amide bonds. The minimum absolute atomic E-state index is 0.0696. The first kappa shape index (κ1) is 27.4. The lowest BCUT2D eigenvalue weighted by Crippen LogP contribution is -2.11. The maximum absolute atomic E-state index is 12.9. The molecule has 37 heavy (non-hydrogen) atoms. The van der Waals surface area contributed by atoms with Crippen molar-refractivity contribution in [3.63, 3.8) is 0 Å². The van der Waals surface area contributed by atoms with Gasteiger partial charge in [0.2, 0.25) is 0 Å². The summed E-state index contributed by atoms with van der Waals surface area (Å²) in [5.41, 5.74) is 2.89. The van der Waals surface area contributed by atoms with E-state index in [1.54, 1.807) is 49.6 Å². The van der Waals surface area contributed by atoms with Gasteiger partial charge < -0.3 is 23.7 Å². The highest BCUT2D eigenvalue weighted by molar-refractivity contribution is 5.93. The molecule has 1 atom stereocenters. The summed E-state index contributed by atoms with van der Waals surface area (Å²) in [4.78, 5) is 29.0. The molecule has 1 N–H and O–H groups in total. The monoisotopic (exact) mass is 505 g/mol. The van der Waals surface area contributed by atoms with Gasteiger partial charge in [-0.15, -0.1) is 0 Å². The maximum atomic E-state index is 12.9. The molecule has 3 rings (SSSR count). The SMILES string of the molecule is C=C(/C(=C/C[C@@H](OC(=O)c1ccncc1)c1ccc(CO)o1)c1cc(C(=O)OC)ccc1OC)C(C)C. The number of hydrogen-bond donors (Lipinski definition) is 1. The van der Waals surface area contributed by atoms with Crippen LogP contribution < -0.4 is 4.74 Å². The van der Waals surface area contributed by atoms with Gasteiger partial charge in [-0.1, -0.05) is 26.5 Å². The van der Waals surface area contributed by atoms with E-state index in [1.807, 2.05) is 19.9 Å². The Kier molecular flexibility index (Phi) is 9.40. The number of aliphatic hydroxyl groups excluding tert-OH is 1. The number of allylic oxidation sites excluding steroid dienone is 2. The number of carbonyl (C=O) groups is 2. The Morgan fingerprint density at radius 1 is 1.05 bits per heavy atom. The van der Waals surface area contributed by atoms with Crippen LogP contribution in [0.25, 0.3) is 5.57 Å². The largest absolute Gasteiger partial charge is 0.496 e. The van der Waals surface area contributed by atoms with Gasteiger partial charge in [0.1, 0.15) is 23.9 Å². The Morgan fingerprint density at radius 2 is 1.78 bits per heavy atom. The number of nitrogens with zero attached hydrogens (tertiary/aromatic N) is 1. The van der Waals surface area contributed by atoms with Crippen LogP contribution in [0.2, 0.25) is 0 Å². The van der Waals surface area contributed by atoms with E-state index in [1.165, 1.54) is 19.5 Å². The van der Waals surface area contributed by atoms with Gasteiger partial charge in [0, 0.05) is 24.4 Å². The minimum atomic E-state index is -0.800. The number of aliphatic hydroxyl groups is 1. The van der Waals surface area contributed by atoms with Gasteiger partial charge in [0.05, 0.1) is 25.3 Å². The lowest BCUT2D eigenvalue weighted by atomic mass is 9.89. The predicted molar refractivity (Wildman–Crippen MR) is 138 cm³/mol. The number of esters is 2. The number of benzene rings is 1. The standard InChI is InChI=1S/C29H31NO7/c1-18(2)19(3)23(24-16-21(28(32)35-5)6-9-25(24)34-4)8-11-27(26-10-7-22(17-31)36-26)37-29(33)20-12-14-30-15-13-20/h6-10,12-16,18,27,31H,3,11,17H2,1-2,4-5H3/b23-8-/t27-/m1/s1. The van der Waals surface area contributed by atoms with Gasteiger partial charge in [0.15, 0.2) is 6.10 Å². The van der Waals surface area contributed by atoms with E-state index in [0.29, 0.717) is 34.0 Å². The van der Waals surface area contributed by atoms with Crippen LogP contribution >= 0.6 is 0 Å². The third-order valence-corrected chi connectivity index (χ3v) is 5.81. The first-order valence-corrected chi connectivity index (χ1v) is 11.8. The molecular weight excluding hydrogens is 474 g/mol. The van der Waals surface area contributed by atoms with Crippen molar-refractivity contribution in [2.45, 2.75) is 33.0 Å². The third kappa shape index (κ3) is 6.74. The second-order valence-electron chi connectivity index (χ2n) is 8.53. The molecule has 8 nitrogen and oxygen atoms in total. The molecule has 0 aliphatic rings. The number of ether oxygens (including phenoxy) is 3. The summed E-state index contributed by atoms with van der Waals surface area (Å²) in [6.45, 7) is 8.00. The fourth-order valence-corrected chi connectivity index (χ4v) is 3.67. The summed E-state index contributed by atoms with van der Waals surface area (Å²) in [5, 5.41) is 9.46. The van der Waals surface area contributed by atoms with Crippen molar-refractivity contribution in [3.8, 4) is 5.75 Å². The number of pyridine rings is 1. The highest BCUT2D eigenvalue weighted by atomic mass is 16.6. The molecule has 0 radical (unpaired) electrons. The average molecular weight is 506 g/mol. The summed E-state index contributed by atoms with van der Waals surface area (Å²) < 4.78 is 22.0. The topological polar surface area (TPSA) is 108 Å². The van der Waals surface area contributed by atoms with Gasteiger partial charge in [-0.2, -0.15) is 0 Å². The van der Waals surface area contributed by atoms with Crippen molar-refractivity contribution in [1.29, 1.82) is 0 Å². The van der Waals surface area contributed by atoms with E-state index < -0.39 is 18.0 Å². The molecule has 194 valence electrons. The van der Waals surface area contributed by atoms with Crippen LogP contribution in [0.1, 0.15) is 64.2 Å². The molecule has 0 spiro atoms. The highest BCUT2D eigenvalue weighted by Gasteiger charge is 2.23. The van der Waals surface area contributed by atoms with Crippen molar-refractivity contribution in [1.82, 2.24) is 4.98 Å². The molecule has 8 heteroatoms. The van der Waals surface area contributed by atoms with Crippen molar-refractivity contribution >= 4 is 17.5 Å². The van der Waals surface area contributed by atoms with Gasteiger partial charge in [-0.05, 0) is 59.5 Å². The van der Waals surface area contributed by atoms with Crippen LogP contribution in [-0.4, -0.2) is 36.2 Å². The maximum Gasteiger partial charge on any atom is 0.338 e. The molecule has 0 saturated heterocycles. The highest BCUT2D eigenvalue weighted by Crippen LogP contribution is 2.36. The zero-order valence-electron chi connectivity index (χ0n) is 21.4. The minimum Gasteiger partial charge on any atom is -0.496 e. The van der Waals surface area contributed by atoms with Gasteiger partial charge in [-0.25, -0.2) is 9.59 Å². The zero-order valence-corrected chi connectivity index (χ0v) is 21.4. The van der Waals surface area contributed by atoms with Crippen molar-refractivity contribution < 1.29 is 33.3 Å². The van der Waals surface area contributed by atoms with Crippen molar-refractivity contribution in [2.24, 2.45) is 5.92 Å². The summed E-state index contributed by atoms with van der Waals surface area (Å²) >= 11 is 0. The molecule has 0 saturated carbocycles. The van der Waals surface area contributed by atoms with E-state index in [2.05, 4.69) is 11.6 Å². The number of rotatable bonds is 11. The Bertz CT molecular complexity index is 1270. The summed E-state index contributed by atoms with van der Waals surface area (Å²) in [7, 11) is 2.87. The first-order valence-electron chi connectivity index (χ1n) is 11.8.